The molecule has 0 aromatic carbocycles. The molecule has 0 bridgehead atoms. The fourth-order valence-corrected chi connectivity index (χ4v) is 0.426. The quantitative estimate of drug-likeness (QED) is 0.528. The zero-order valence-electron chi connectivity index (χ0n) is 10.2. The van der Waals surface area contributed by atoms with Crippen LogP contribution in [-0.4, -0.2) is 0 Å². The molecule has 0 saturated carbocycles. The summed E-state index contributed by atoms with van der Waals surface area (Å²) in [6, 6.07) is 2.55. The predicted octanol–water partition coefficient (Wildman–Crippen LogP) is -0.757. The molecule has 42 valence electrons. The second kappa shape index (κ2) is 2.43. The molecule has 4 N–H and O–H groups in total. The van der Waals surface area contributed by atoms with E-state index in [1.165, 1.54) is 24.5 Å². The molecule has 0 radical (unpaired) electrons. The molecule has 0 fully saturated rings. The van der Waals surface area contributed by atoms with Gasteiger partial charge in [0.05, 0.1) is 2.74 Å². The average molecular weight is 116 g/mol. The van der Waals surface area contributed by atoms with Crippen molar-refractivity contribution in [1.82, 2.24) is 0 Å². The van der Waals surface area contributed by atoms with E-state index in [0.29, 0.717) is 0 Å². The molecule has 8 heavy (non-hydrogen) atoms. The third-order valence-corrected chi connectivity index (χ3v) is 0.809. The number of quaternary nitrogens is 1. The summed E-state index contributed by atoms with van der Waals surface area (Å²) in [5.41, 5.74) is -2.02. The number of hydrogen-bond acceptors (Lipinski definition) is 0. The second-order valence-electron chi connectivity index (χ2n) is 1.35. The Morgan fingerprint density at radius 3 is 3.25 bits per heavy atom. The van der Waals surface area contributed by atoms with E-state index in [2.05, 4.69) is 0 Å². The van der Waals surface area contributed by atoms with Crippen LogP contribution in [0.5, 0.6) is 0 Å². The van der Waals surface area contributed by atoms with Gasteiger partial charge in [-0.25, -0.2) is 4.98 Å². The Morgan fingerprint density at radius 2 is 2.62 bits per heavy atom. The Balaban J connectivity index is 3.10. The Hall–Kier alpha value is -0.890. The van der Waals surface area contributed by atoms with Gasteiger partial charge in [0.25, 0.3) is 0 Å². The van der Waals surface area contributed by atoms with E-state index in [9.17, 15) is 0 Å². The highest BCUT2D eigenvalue weighted by Gasteiger charge is 1.87. The topological polar surface area (TPSA) is 41.8 Å². The van der Waals surface area contributed by atoms with Crippen molar-refractivity contribution in [2.45, 2.75) is 6.50 Å². The van der Waals surface area contributed by atoms with Crippen LogP contribution in [0.1, 0.15) is 8.30 Å². The van der Waals surface area contributed by atoms with Gasteiger partial charge >= 0.3 is 5.65 Å². The SMILES string of the molecule is [2H][n+]1ccc(C([2H])([2H])[N+]([2H])([2H])[2H])cc1. The molecule has 0 unspecified atom stereocenters. The maximum atomic E-state index is 7.40. The maximum Gasteiger partial charge on any atom is 0.453 e. The maximum absolute atomic E-state index is 7.40. The van der Waals surface area contributed by atoms with Crippen molar-refractivity contribution in [3.05, 3.63) is 30.1 Å². The summed E-state index contributed by atoms with van der Waals surface area (Å²) in [7, 11) is 0. The summed E-state index contributed by atoms with van der Waals surface area (Å²) in [6.45, 7) is -2.44. The summed E-state index contributed by atoms with van der Waals surface area (Å²) in [5, 5.41) is 0. The fourth-order valence-electron chi connectivity index (χ4n) is 0.426. The summed E-state index contributed by atoms with van der Waals surface area (Å²) < 4.78 is 42.8. The van der Waals surface area contributed by atoms with Gasteiger partial charge in [-0.05, 0) is 0 Å². The molecule has 0 amide bonds. The average Bonchev–Trinajstić information content (AvgIpc) is 2.03. The van der Waals surface area contributed by atoms with Crippen LogP contribution < -0.4 is 10.7 Å². The van der Waals surface area contributed by atoms with Crippen LogP contribution in [0.2, 0.25) is 5.65 Å². The molecule has 0 saturated heterocycles. The van der Waals surface area contributed by atoms with E-state index in [0.717, 1.165) is 4.98 Å². The Morgan fingerprint density at radius 1 is 1.88 bits per heavy atom. The van der Waals surface area contributed by atoms with Crippen molar-refractivity contribution >= 4 is 0 Å². The number of aromatic nitrogens is 1. The molecule has 0 aliphatic heterocycles. The molecule has 0 spiro atoms. The Kier molecular flexibility index (Phi) is 0.468. The molecule has 1 rings (SSSR count). The van der Waals surface area contributed by atoms with Crippen molar-refractivity contribution in [2.75, 3.05) is 0 Å². The minimum atomic E-state index is -2.44. The standard InChI is InChI=1S/C6H8N2/c7-5-6-1-3-8-4-2-6/h1-4H,5,7H2/p+2/i5D2/hD4. The van der Waals surface area contributed by atoms with Gasteiger partial charge in [-0.15, -0.1) is 0 Å². The predicted molar refractivity (Wildman–Crippen MR) is 29.6 cm³/mol. The number of nitrogens with one attached hydrogen (secondary N) is 1. The lowest BCUT2D eigenvalue weighted by atomic mass is 10.3. The number of aromatic amines is 1. The zero-order valence-corrected chi connectivity index (χ0v) is 4.20. The van der Waals surface area contributed by atoms with Gasteiger partial charge in [0, 0.05) is 17.7 Å². The lowest BCUT2D eigenvalue weighted by Crippen LogP contribution is -2.47. The van der Waals surface area contributed by atoms with Crippen LogP contribution in [0, 0.1) is 0 Å². The molecule has 0 aliphatic rings. The van der Waals surface area contributed by atoms with Gasteiger partial charge in [-0.2, -0.15) is 0 Å². The third kappa shape index (κ3) is 1.04. The molecule has 1 heterocycles. The number of rotatable bonds is 2. The number of H-pyrrole nitrogens is 1. The van der Waals surface area contributed by atoms with Crippen molar-refractivity contribution in [3.63, 3.8) is 0 Å². The first-order valence-corrected chi connectivity index (χ1v) is 2.23. The van der Waals surface area contributed by atoms with Crippen molar-refractivity contribution in [2.24, 2.45) is 0 Å². The first-order chi connectivity index (χ1) is 6.25. The second-order valence-corrected chi connectivity index (χ2v) is 1.35. The smallest absolute Gasteiger partial charge is 0.354 e. The van der Waals surface area contributed by atoms with Gasteiger partial charge in [-0.3, -0.25) is 0 Å². The largest absolute Gasteiger partial charge is 0.453 e. The monoisotopic (exact) mass is 116 g/mol. The van der Waals surface area contributed by atoms with Gasteiger partial charge in [0.15, 0.2) is 12.4 Å². The third-order valence-electron chi connectivity index (χ3n) is 0.809. The van der Waals surface area contributed by atoms with Gasteiger partial charge in [-0.1, -0.05) is 0 Å². The molecule has 0 atom stereocenters. The van der Waals surface area contributed by atoms with E-state index in [4.69, 9.17) is 8.39 Å². The van der Waals surface area contributed by atoms with Crippen molar-refractivity contribution in [3.8, 4) is 0 Å². The highest BCUT2D eigenvalue weighted by Crippen LogP contribution is 1.87. The van der Waals surface area contributed by atoms with E-state index in [1.54, 1.807) is 0 Å². The van der Waals surface area contributed by atoms with Crippen molar-refractivity contribution in [1.29, 1.82) is 0 Å². The number of hydrogen-bond donors (Lipinski definition) is 1. The summed E-state index contributed by atoms with van der Waals surface area (Å²) >= 11 is 0. The van der Waals surface area contributed by atoms with E-state index in [1.807, 2.05) is 0 Å². The summed E-state index contributed by atoms with van der Waals surface area (Å²) in [6.07, 6.45) is 2.56. The normalized spacial score (nSPS) is 23.5. The molecule has 1 aromatic heterocycles. The van der Waals surface area contributed by atoms with Gasteiger partial charge < -0.3 is 5.71 Å². The van der Waals surface area contributed by atoms with Crippen LogP contribution in [0.15, 0.2) is 24.5 Å². The highest BCUT2D eigenvalue weighted by molar-refractivity contribution is 5.04. The molecular formula is C6H10N2+2. The molecule has 2 nitrogen and oxygen atoms in total. The minimum absolute atomic E-state index is 0.0287. The molecule has 2 heteroatoms. The minimum Gasteiger partial charge on any atom is -0.354 e. The van der Waals surface area contributed by atoms with Crippen LogP contribution in [0.3, 0.4) is 0 Å². The van der Waals surface area contributed by atoms with E-state index < -0.39 is 12.2 Å². The zero-order chi connectivity index (χ0) is 11.0. The van der Waals surface area contributed by atoms with Gasteiger partial charge in [0.2, 0.25) is 0 Å². The summed E-state index contributed by atoms with van der Waals surface area (Å²) in [4.78, 5) is 0.964. The lowest BCUT2D eigenvalue weighted by molar-refractivity contribution is -0.391. The first-order valence-electron chi connectivity index (χ1n) is 5.02. The lowest BCUT2D eigenvalue weighted by Gasteiger charge is -1.83. The summed E-state index contributed by atoms with van der Waals surface area (Å²) in [5.74, 6) is 0. The molecule has 0 aliphatic carbocycles. The van der Waals surface area contributed by atoms with Crippen LogP contribution in [-0.2, 0) is 6.50 Å². The van der Waals surface area contributed by atoms with Gasteiger partial charge in [0.1, 0.15) is 6.50 Å². The van der Waals surface area contributed by atoms with E-state index in [-0.39, 0.29) is 5.56 Å². The Bertz CT molecular complexity index is 316. The fraction of sp³-hybridized carbons (Fsp3) is 0.167. The Labute approximate surface area is 57.0 Å². The van der Waals surface area contributed by atoms with Crippen LogP contribution >= 0.6 is 0 Å². The molecule has 1 aromatic rings. The van der Waals surface area contributed by atoms with Crippen LogP contribution in [0.4, 0.5) is 0 Å². The molecular weight excluding hydrogens is 100 g/mol. The van der Waals surface area contributed by atoms with E-state index >= 15 is 0 Å². The number of pyridine rings is 1. The highest BCUT2D eigenvalue weighted by atomic mass is 14.6. The van der Waals surface area contributed by atoms with Crippen LogP contribution in [0.25, 0.3) is 0 Å². The van der Waals surface area contributed by atoms with Crippen molar-refractivity contribution < 1.29 is 19.1 Å². The first kappa shape index (κ1) is 1.54.